The van der Waals surface area contributed by atoms with Crippen LogP contribution in [-0.2, 0) is 13.3 Å². The Morgan fingerprint density at radius 2 is 1.44 bits per heavy atom. The third-order valence-electron chi connectivity index (χ3n) is 2.61. The van der Waals surface area contributed by atoms with Gasteiger partial charge in [0.05, 0.1) is 0 Å². The van der Waals surface area contributed by atoms with Crippen LogP contribution in [0.25, 0.3) is 0 Å². The van der Waals surface area contributed by atoms with Gasteiger partial charge in [0.1, 0.15) is 0 Å². The Morgan fingerprint density at radius 1 is 0.944 bits per heavy atom. The topological polar surface area (TPSA) is 47.9 Å². The van der Waals surface area contributed by atoms with Crippen molar-refractivity contribution >= 4 is 9.05 Å². The van der Waals surface area contributed by atoms with Crippen molar-refractivity contribution in [3.8, 4) is 0 Å². The molecule has 0 spiro atoms. The van der Waals surface area contributed by atoms with E-state index >= 15 is 0 Å². The first-order valence-electron chi connectivity index (χ1n) is 7.26. The summed E-state index contributed by atoms with van der Waals surface area (Å²) in [5.41, 5.74) is 0. The van der Waals surface area contributed by atoms with Crippen LogP contribution in [0.2, 0.25) is 0 Å². The fraction of sp³-hybridized carbons (Fsp3) is 1.00. The SMILES string of the molecule is CCCCO[Si](O)(OCCCC)OC(C)CCC. The molecule has 0 amide bonds. The normalized spacial score (nSPS) is 13.8. The van der Waals surface area contributed by atoms with Crippen LogP contribution in [0, 0.1) is 0 Å². The molecule has 0 fully saturated rings. The van der Waals surface area contributed by atoms with Crippen molar-refractivity contribution in [2.75, 3.05) is 13.2 Å². The third kappa shape index (κ3) is 9.05. The van der Waals surface area contributed by atoms with Crippen molar-refractivity contribution in [1.29, 1.82) is 0 Å². The molecule has 110 valence electrons. The summed E-state index contributed by atoms with van der Waals surface area (Å²) < 4.78 is 16.6. The first kappa shape index (κ1) is 18.1. The summed E-state index contributed by atoms with van der Waals surface area (Å²) in [7, 11) is -3.42. The Hall–Kier alpha value is 0.0569. The first-order valence-corrected chi connectivity index (χ1v) is 8.93. The lowest BCUT2D eigenvalue weighted by atomic mass is 10.2. The Kier molecular flexibility index (Phi) is 11.0. The van der Waals surface area contributed by atoms with Crippen LogP contribution in [-0.4, -0.2) is 33.2 Å². The summed E-state index contributed by atoms with van der Waals surface area (Å²) in [6.45, 7) is 9.23. The van der Waals surface area contributed by atoms with Gasteiger partial charge in [0.25, 0.3) is 0 Å². The van der Waals surface area contributed by atoms with E-state index in [1.165, 1.54) is 0 Å². The lowest BCUT2D eigenvalue weighted by molar-refractivity contribution is -0.0316. The first-order chi connectivity index (χ1) is 8.58. The number of hydrogen-bond donors (Lipinski definition) is 1. The molecule has 0 saturated carbocycles. The molecule has 0 rings (SSSR count). The molecule has 5 heteroatoms. The Labute approximate surface area is 113 Å². The summed E-state index contributed by atoms with van der Waals surface area (Å²) in [5.74, 6) is 0. The third-order valence-corrected chi connectivity index (χ3v) is 4.45. The largest absolute Gasteiger partial charge is 0.677 e. The van der Waals surface area contributed by atoms with Gasteiger partial charge in [0.15, 0.2) is 0 Å². The van der Waals surface area contributed by atoms with Crippen LogP contribution in [0.5, 0.6) is 0 Å². The molecule has 0 aromatic carbocycles. The molecule has 0 aliphatic rings. The maximum absolute atomic E-state index is 10.3. The zero-order chi connectivity index (χ0) is 13.9. The second-order valence-electron chi connectivity index (χ2n) is 4.65. The van der Waals surface area contributed by atoms with Gasteiger partial charge >= 0.3 is 9.05 Å². The lowest BCUT2D eigenvalue weighted by Gasteiger charge is -2.26. The van der Waals surface area contributed by atoms with Gasteiger partial charge in [0, 0.05) is 19.3 Å². The van der Waals surface area contributed by atoms with Crippen molar-refractivity contribution in [3.63, 3.8) is 0 Å². The molecule has 0 radical (unpaired) electrons. The highest BCUT2D eigenvalue weighted by atomic mass is 28.4. The average Bonchev–Trinajstić information content (AvgIpc) is 2.30. The minimum atomic E-state index is -3.42. The molecule has 1 unspecified atom stereocenters. The molecule has 0 aromatic rings. The van der Waals surface area contributed by atoms with Crippen molar-refractivity contribution in [2.45, 2.75) is 72.3 Å². The second-order valence-corrected chi connectivity index (χ2v) is 6.51. The van der Waals surface area contributed by atoms with E-state index in [1.54, 1.807) is 0 Å². The predicted octanol–water partition coefficient (Wildman–Crippen LogP) is 3.25. The molecule has 0 saturated heterocycles. The van der Waals surface area contributed by atoms with Gasteiger partial charge in [-0.25, -0.2) is 0 Å². The summed E-state index contributed by atoms with van der Waals surface area (Å²) in [6, 6.07) is 0. The van der Waals surface area contributed by atoms with Gasteiger partial charge in [0.2, 0.25) is 0 Å². The zero-order valence-corrected chi connectivity index (χ0v) is 13.4. The van der Waals surface area contributed by atoms with E-state index in [0.717, 1.165) is 38.5 Å². The zero-order valence-electron chi connectivity index (χ0n) is 12.4. The van der Waals surface area contributed by atoms with Crippen molar-refractivity contribution in [2.24, 2.45) is 0 Å². The predicted molar refractivity (Wildman–Crippen MR) is 75.1 cm³/mol. The van der Waals surface area contributed by atoms with E-state index in [2.05, 4.69) is 20.8 Å². The van der Waals surface area contributed by atoms with E-state index in [9.17, 15) is 4.80 Å². The van der Waals surface area contributed by atoms with Crippen LogP contribution in [0.4, 0.5) is 0 Å². The van der Waals surface area contributed by atoms with E-state index in [0.29, 0.717) is 13.2 Å². The molecule has 0 aliphatic carbocycles. The molecular formula is C13H30O4Si. The number of unbranched alkanes of at least 4 members (excludes halogenated alkanes) is 2. The fourth-order valence-corrected chi connectivity index (χ4v) is 3.17. The molecule has 0 bridgehead atoms. The van der Waals surface area contributed by atoms with Gasteiger partial charge in [-0.05, 0) is 26.2 Å². The van der Waals surface area contributed by atoms with Crippen LogP contribution in [0.3, 0.4) is 0 Å². The summed E-state index contributed by atoms with van der Waals surface area (Å²) in [6.07, 6.45) is 5.80. The molecule has 1 N–H and O–H groups in total. The van der Waals surface area contributed by atoms with Gasteiger partial charge in [-0.15, -0.1) is 0 Å². The number of hydrogen-bond acceptors (Lipinski definition) is 4. The molecule has 4 nitrogen and oxygen atoms in total. The number of rotatable bonds is 12. The van der Waals surface area contributed by atoms with Gasteiger partial charge in [-0.3, -0.25) is 0 Å². The minimum absolute atomic E-state index is 0.0186. The van der Waals surface area contributed by atoms with Crippen LogP contribution in [0.1, 0.15) is 66.2 Å². The molecule has 0 heterocycles. The lowest BCUT2D eigenvalue weighted by Crippen LogP contribution is -2.48. The van der Waals surface area contributed by atoms with E-state index in [1.807, 2.05) is 6.92 Å². The standard InChI is InChI=1S/C13H30O4Si/c1-5-8-11-15-18(14,16-12-9-6-2)17-13(4)10-7-3/h13-14H,5-12H2,1-4H3. The maximum Gasteiger partial charge on any atom is 0.677 e. The van der Waals surface area contributed by atoms with Gasteiger partial charge in [-0.2, -0.15) is 0 Å². The van der Waals surface area contributed by atoms with Crippen molar-refractivity contribution < 1.29 is 18.1 Å². The highest BCUT2D eigenvalue weighted by Crippen LogP contribution is 2.14. The second kappa shape index (κ2) is 10.9. The Balaban J connectivity index is 4.18. The molecule has 1 atom stereocenters. The van der Waals surface area contributed by atoms with Crippen molar-refractivity contribution in [3.05, 3.63) is 0 Å². The van der Waals surface area contributed by atoms with Gasteiger partial charge in [-0.1, -0.05) is 40.0 Å². The summed E-state index contributed by atoms with van der Waals surface area (Å²) in [5, 5.41) is 0. The van der Waals surface area contributed by atoms with E-state index in [-0.39, 0.29) is 6.10 Å². The average molecular weight is 278 g/mol. The summed E-state index contributed by atoms with van der Waals surface area (Å²) in [4.78, 5) is 10.3. The van der Waals surface area contributed by atoms with Crippen LogP contribution >= 0.6 is 0 Å². The monoisotopic (exact) mass is 278 g/mol. The summed E-state index contributed by atoms with van der Waals surface area (Å²) >= 11 is 0. The molecular weight excluding hydrogens is 248 g/mol. The molecule has 18 heavy (non-hydrogen) atoms. The van der Waals surface area contributed by atoms with E-state index < -0.39 is 9.05 Å². The quantitative estimate of drug-likeness (QED) is 0.440. The molecule has 0 aliphatic heterocycles. The van der Waals surface area contributed by atoms with E-state index in [4.69, 9.17) is 13.3 Å². The fourth-order valence-electron chi connectivity index (χ4n) is 1.52. The van der Waals surface area contributed by atoms with Crippen molar-refractivity contribution in [1.82, 2.24) is 0 Å². The molecule has 0 aromatic heterocycles. The van der Waals surface area contributed by atoms with Crippen LogP contribution < -0.4 is 0 Å². The highest BCUT2D eigenvalue weighted by molar-refractivity contribution is 6.51. The maximum atomic E-state index is 10.3. The van der Waals surface area contributed by atoms with Crippen LogP contribution in [0.15, 0.2) is 0 Å². The Bertz CT molecular complexity index is 180. The highest BCUT2D eigenvalue weighted by Gasteiger charge is 2.42. The smallest absolute Gasteiger partial charge is 0.367 e. The minimum Gasteiger partial charge on any atom is -0.367 e. The Morgan fingerprint density at radius 3 is 1.83 bits per heavy atom. The van der Waals surface area contributed by atoms with Gasteiger partial charge < -0.3 is 18.1 Å².